The summed E-state index contributed by atoms with van der Waals surface area (Å²) in [5.74, 6) is 0.205. The van der Waals surface area contributed by atoms with Crippen LogP contribution in [0.3, 0.4) is 0 Å². The smallest absolute Gasteiger partial charge is 0.271 e. The van der Waals surface area contributed by atoms with Crippen molar-refractivity contribution in [1.29, 1.82) is 0 Å². The molecule has 9 nitrogen and oxygen atoms in total. The SMILES string of the molecule is CC(=O)NNC(=O)c1ccc(Cl)nc1.Cc1nnc(-c2ccc(Cl)nc2)o1. The summed E-state index contributed by atoms with van der Waals surface area (Å²) in [5.41, 5.74) is 5.45. The molecule has 0 spiro atoms. The molecule has 27 heavy (non-hydrogen) atoms. The van der Waals surface area contributed by atoms with E-state index in [1.807, 2.05) is 0 Å². The van der Waals surface area contributed by atoms with Gasteiger partial charge >= 0.3 is 0 Å². The Bertz CT molecular complexity index is 913. The van der Waals surface area contributed by atoms with Crippen LogP contribution >= 0.6 is 23.2 Å². The van der Waals surface area contributed by atoms with Gasteiger partial charge in [0.25, 0.3) is 5.91 Å². The first-order valence-electron chi connectivity index (χ1n) is 7.45. The molecule has 0 bridgehead atoms. The molecule has 0 aromatic carbocycles. The lowest BCUT2D eigenvalue weighted by molar-refractivity contribution is -0.119. The van der Waals surface area contributed by atoms with Crippen LogP contribution in [0.4, 0.5) is 0 Å². The Kier molecular flexibility index (Phi) is 7.21. The predicted molar refractivity (Wildman–Crippen MR) is 97.8 cm³/mol. The van der Waals surface area contributed by atoms with Crippen molar-refractivity contribution in [1.82, 2.24) is 31.0 Å². The van der Waals surface area contributed by atoms with Crippen molar-refractivity contribution in [3.8, 4) is 11.5 Å². The second-order valence-corrected chi connectivity index (χ2v) is 5.78. The molecule has 3 rings (SSSR count). The highest BCUT2D eigenvalue weighted by Gasteiger charge is 2.06. The average molecular weight is 409 g/mol. The standard InChI is InChI=1S/C8H8ClN3O2.C8H6ClN3O/c1-5(13)11-12-8(14)6-2-3-7(9)10-4-6;1-5-11-12-8(13-5)6-2-3-7(9)10-4-6/h2-4H,1H3,(H,11,13)(H,12,14);2-4H,1H3. The molecule has 140 valence electrons. The summed E-state index contributed by atoms with van der Waals surface area (Å²) in [6.45, 7) is 3.03. The third-order valence-corrected chi connectivity index (χ3v) is 3.29. The zero-order valence-corrected chi connectivity index (χ0v) is 15.7. The van der Waals surface area contributed by atoms with Crippen LogP contribution in [-0.2, 0) is 4.79 Å². The zero-order chi connectivity index (χ0) is 19.8. The summed E-state index contributed by atoms with van der Waals surface area (Å²) in [6, 6.07) is 6.45. The van der Waals surface area contributed by atoms with Crippen molar-refractivity contribution >= 4 is 35.0 Å². The number of carbonyl (C=O) groups is 2. The van der Waals surface area contributed by atoms with E-state index in [1.54, 1.807) is 25.3 Å². The summed E-state index contributed by atoms with van der Waals surface area (Å²) in [4.78, 5) is 29.3. The number of aromatic nitrogens is 4. The van der Waals surface area contributed by atoms with E-state index in [2.05, 4.69) is 31.0 Å². The van der Waals surface area contributed by atoms with E-state index >= 15 is 0 Å². The molecule has 0 unspecified atom stereocenters. The first-order valence-corrected chi connectivity index (χ1v) is 8.21. The lowest BCUT2D eigenvalue weighted by Crippen LogP contribution is -2.40. The van der Waals surface area contributed by atoms with E-state index in [-0.39, 0.29) is 5.91 Å². The third-order valence-electron chi connectivity index (χ3n) is 2.84. The van der Waals surface area contributed by atoms with Crippen LogP contribution in [0.1, 0.15) is 23.2 Å². The maximum absolute atomic E-state index is 11.3. The zero-order valence-electron chi connectivity index (χ0n) is 14.2. The Hall–Kier alpha value is -3.04. The van der Waals surface area contributed by atoms with Crippen LogP contribution in [0.15, 0.2) is 41.1 Å². The van der Waals surface area contributed by atoms with Crippen LogP contribution in [-0.4, -0.2) is 32.0 Å². The number of hydrazine groups is 1. The van der Waals surface area contributed by atoms with Gasteiger partial charge in [0.15, 0.2) is 0 Å². The molecule has 3 aromatic heterocycles. The Morgan fingerprint density at radius 3 is 2.11 bits per heavy atom. The molecular weight excluding hydrogens is 395 g/mol. The van der Waals surface area contributed by atoms with Gasteiger partial charge in [-0.25, -0.2) is 9.97 Å². The average Bonchev–Trinajstić information content (AvgIpc) is 3.08. The van der Waals surface area contributed by atoms with Crippen molar-refractivity contribution in [2.75, 3.05) is 0 Å². The van der Waals surface area contributed by atoms with Gasteiger partial charge < -0.3 is 4.42 Å². The van der Waals surface area contributed by atoms with Gasteiger partial charge in [-0.2, -0.15) is 0 Å². The molecule has 0 saturated carbocycles. The molecule has 0 radical (unpaired) electrons. The van der Waals surface area contributed by atoms with Gasteiger partial charge in [-0.3, -0.25) is 20.4 Å². The van der Waals surface area contributed by atoms with Crippen LogP contribution in [0, 0.1) is 6.92 Å². The Balaban J connectivity index is 0.000000194. The Morgan fingerprint density at radius 2 is 1.63 bits per heavy atom. The second kappa shape index (κ2) is 9.60. The molecule has 0 aliphatic rings. The summed E-state index contributed by atoms with van der Waals surface area (Å²) >= 11 is 11.2. The van der Waals surface area contributed by atoms with Gasteiger partial charge in [-0.15, -0.1) is 10.2 Å². The molecule has 2 amide bonds. The quantitative estimate of drug-likeness (QED) is 0.493. The first kappa shape index (κ1) is 20.3. The summed E-state index contributed by atoms with van der Waals surface area (Å²) in [5, 5.41) is 8.30. The van der Waals surface area contributed by atoms with Crippen molar-refractivity contribution in [2.24, 2.45) is 0 Å². The molecular formula is C16H14Cl2N6O3. The second-order valence-electron chi connectivity index (χ2n) is 5.00. The van der Waals surface area contributed by atoms with Crippen molar-refractivity contribution in [3.05, 3.63) is 58.4 Å². The molecule has 0 aliphatic heterocycles. The number of nitrogens with zero attached hydrogens (tertiary/aromatic N) is 4. The summed E-state index contributed by atoms with van der Waals surface area (Å²) in [6.07, 6.45) is 2.91. The minimum atomic E-state index is -0.440. The Morgan fingerprint density at radius 1 is 0.963 bits per heavy atom. The maximum Gasteiger partial charge on any atom is 0.271 e. The van der Waals surface area contributed by atoms with Crippen molar-refractivity contribution < 1.29 is 14.0 Å². The number of hydrogen-bond donors (Lipinski definition) is 2. The van der Waals surface area contributed by atoms with Crippen LogP contribution in [0.2, 0.25) is 10.3 Å². The van der Waals surface area contributed by atoms with Gasteiger partial charge in [0.2, 0.25) is 17.7 Å². The summed E-state index contributed by atoms with van der Waals surface area (Å²) in [7, 11) is 0. The maximum atomic E-state index is 11.3. The van der Waals surface area contributed by atoms with Gasteiger partial charge in [-0.05, 0) is 24.3 Å². The summed E-state index contributed by atoms with van der Waals surface area (Å²) < 4.78 is 5.20. The molecule has 3 aromatic rings. The highest BCUT2D eigenvalue weighted by molar-refractivity contribution is 6.29. The monoisotopic (exact) mass is 408 g/mol. The van der Waals surface area contributed by atoms with Crippen molar-refractivity contribution in [3.63, 3.8) is 0 Å². The number of carbonyl (C=O) groups excluding carboxylic acids is 2. The fourth-order valence-electron chi connectivity index (χ4n) is 1.64. The van der Waals surface area contributed by atoms with Gasteiger partial charge in [-0.1, -0.05) is 23.2 Å². The minimum absolute atomic E-state index is 0.307. The van der Waals surface area contributed by atoms with Crippen molar-refractivity contribution in [2.45, 2.75) is 13.8 Å². The van der Waals surface area contributed by atoms with E-state index in [0.29, 0.717) is 27.7 Å². The number of rotatable bonds is 2. The van der Waals surface area contributed by atoms with Crippen LogP contribution in [0.25, 0.3) is 11.5 Å². The lowest BCUT2D eigenvalue weighted by atomic mass is 10.3. The molecule has 0 fully saturated rings. The molecule has 2 N–H and O–H groups in total. The number of hydrogen-bond acceptors (Lipinski definition) is 7. The fourth-order valence-corrected chi connectivity index (χ4v) is 1.87. The van der Waals surface area contributed by atoms with E-state index in [0.717, 1.165) is 5.56 Å². The topological polar surface area (TPSA) is 123 Å². The van der Waals surface area contributed by atoms with E-state index in [4.69, 9.17) is 27.6 Å². The van der Waals surface area contributed by atoms with Gasteiger partial charge in [0.1, 0.15) is 10.3 Å². The lowest BCUT2D eigenvalue weighted by Gasteiger charge is -2.03. The minimum Gasteiger partial charge on any atom is -0.421 e. The van der Waals surface area contributed by atoms with E-state index in [1.165, 1.54) is 25.3 Å². The number of pyridine rings is 2. The van der Waals surface area contributed by atoms with Gasteiger partial charge in [0.05, 0.1) is 11.1 Å². The van der Waals surface area contributed by atoms with E-state index in [9.17, 15) is 9.59 Å². The molecule has 11 heteroatoms. The molecule has 0 atom stereocenters. The number of amides is 2. The first-order chi connectivity index (χ1) is 12.8. The number of halogens is 2. The number of nitrogens with one attached hydrogen (secondary N) is 2. The largest absolute Gasteiger partial charge is 0.421 e. The van der Waals surface area contributed by atoms with E-state index < -0.39 is 5.91 Å². The molecule has 0 aliphatic carbocycles. The third kappa shape index (κ3) is 6.65. The number of aryl methyl sites for hydroxylation is 1. The predicted octanol–water partition coefficient (Wildman–Crippen LogP) is 2.61. The van der Waals surface area contributed by atoms with Gasteiger partial charge in [0, 0.05) is 26.2 Å². The van der Waals surface area contributed by atoms with Crippen LogP contribution < -0.4 is 10.9 Å². The molecule has 3 heterocycles. The molecule has 0 saturated heterocycles. The highest BCUT2D eigenvalue weighted by Crippen LogP contribution is 2.17. The highest BCUT2D eigenvalue weighted by atomic mass is 35.5. The van der Waals surface area contributed by atoms with Crippen LogP contribution in [0.5, 0.6) is 0 Å². The Labute approximate surface area is 164 Å². The normalized spacial score (nSPS) is 9.78. The fraction of sp³-hybridized carbons (Fsp3) is 0.125.